The summed E-state index contributed by atoms with van der Waals surface area (Å²) >= 11 is 0. The molecule has 1 fully saturated rings. The van der Waals surface area contributed by atoms with Crippen molar-refractivity contribution in [2.75, 3.05) is 26.4 Å². The predicted octanol–water partition coefficient (Wildman–Crippen LogP) is 1.42. The number of rotatable bonds is 6. The summed E-state index contributed by atoms with van der Waals surface area (Å²) in [6.45, 7) is 3.38. The van der Waals surface area contributed by atoms with Gasteiger partial charge in [-0.25, -0.2) is 0 Å². The molecular weight excluding hydrogens is 270 g/mol. The van der Waals surface area contributed by atoms with Crippen molar-refractivity contribution >= 4 is 5.91 Å². The number of aliphatic hydroxyl groups excluding tert-OH is 1. The highest BCUT2D eigenvalue weighted by atomic mass is 16.5. The van der Waals surface area contributed by atoms with Gasteiger partial charge in [-0.3, -0.25) is 4.79 Å². The van der Waals surface area contributed by atoms with Crippen molar-refractivity contribution < 1.29 is 19.4 Å². The molecule has 2 N–H and O–H groups in total. The number of aryl methyl sites for hydroxylation is 1. The van der Waals surface area contributed by atoms with Gasteiger partial charge in [0, 0.05) is 13.2 Å². The summed E-state index contributed by atoms with van der Waals surface area (Å²) in [7, 11) is 0. The minimum absolute atomic E-state index is 0.0548. The van der Waals surface area contributed by atoms with Crippen LogP contribution in [-0.4, -0.2) is 43.0 Å². The first kappa shape index (κ1) is 15.8. The number of nitrogens with one attached hydrogen (secondary N) is 1. The van der Waals surface area contributed by atoms with Crippen LogP contribution in [0.25, 0.3) is 0 Å². The molecule has 0 bridgehead atoms. The number of benzene rings is 1. The fraction of sp³-hybridized carbons (Fsp3) is 0.562. The molecule has 2 rings (SSSR count). The maximum absolute atomic E-state index is 12.0. The van der Waals surface area contributed by atoms with Crippen LogP contribution in [0.3, 0.4) is 0 Å². The van der Waals surface area contributed by atoms with E-state index in [9.17, 15) is 9.90 Å². The number of hydrogen-bond acceptors (Lipinski definition) is 4. The summed E-state index contributed by atoms with van der Waals surface area (Å²) in [6, 6.07) is 7.72. The van der Waals surface area contributed by atoms with Crippen molar-refractivity contribution in [2.24, 2.45) is 0 Å². The summed E-state index contributed by atoms with van der Waals surface area (Å²) in [5.41, 5.74) is 0.520. The summed E-state index contributed by atoms with van der Waals surface area (Å²) in [5.74, 6) is 0.702. The summed E-state index contributed by atoms with van der Waals surface area (Å²) in [4.78, 5) is 12.0. The Morgan fingerprint density at radius 2 is 2.10 bits per heavy atom. The zero-order chi connectivity index (χ0) is 15.1. The van der Waals surface area contributed by atoms with Crippen molar-refractivity contribution in [2.45, 2.75) is 31.7 Å². The maximum atomic E-state index is 12.0. The topological polar surface area (TPSA) is 67.8 Å². The molecule has 1 heterocycles. The Labute approximate surface area is 125 Å². The molecule has 1 amide bonds. The van der Waals surface area contributed by atoms with Crippen LogP contribution in [0, 0.1) is 6.92 Å². The average molecular weight is 293 g/mol. The molecule has 0 aliphatic carbocycles. The molecule has 1 aliphatic heterocycles. The van der Waals surface area contributed by atoms with Gasteiger partial charge in [-0.1, -0.05) is 18.2 Å². The summed E-state index contributed by atoms with van der Waals surface area (Å²) < 4.78 is 10.9. The van der Waals surface area contributed by atoms with E-state index in [0.717, 1.165) is 11.3 Å². The molecule has 5 nitrogen and oxygen atoms in total. The second kappa shape index (κ2) is 7.43. The van der Waals surface area contributed by atoms with Crippen LogP contribution in [0.15, 0.2) is 24.3 Å². The number of carbonyl (C=O) groups is 1. The molecule has 0 radical (unpaired) electrons. The normalized spacial score (nSPS) is 17.2. The fourth-order valence-electron chi connectivity index (χ4n) is 2.42. The average Bonchev–Trinajstić information content (AvgIpc) is 2.50. The van der Waals surface area contributed by atoms with E-state index in [2.05, 4.69) is 5.32 Å². The van der Waals surface area contributed by atoms with E-state index >= 15 is 0 Å². The van der Waals surface area contributed by atoms with Crippen LogP contribution in [0.5, 0.6) is 5.75 Å². The van der Waals surface area contributed by atoms with Crippen molar-refractivity contribution in [1.29, 1.82) is 0 Å². The minimum Gasteiger partial charge on any atom is -0.493 e. The zero-order valence-electron chi connectivity index (χ0n) is 12.4. The van der Waals surface area contributed by atoms with Gasteiger partial charge in [-0.15, -0.1) is 0 Å². The van der Waals surface area contributed by atoms with Gasteiger partial charge in [0.25, 0.3) is 0 Å². The van der Waals surface area contributed by atoms with Gasteiger partial charge < -0.3 is 19.9 Å². The molecule has 0 unspecified atom stereocenters. The van der Waals surface area contributed by atoms with E-state index in [-0.39, 0.29) is 18.9 Å². The molecule has 116 valence electrons. The highest BCUT2D eigenvalue weighted by Crippen LogP contribution is 2.20. The molecule has 0 saturated carbocycles. The lowest BCUT2D eigenvalue weighted by molar-refractivity contribution is -0.125. The van der Waals surface area contributed by atoms with E-state index in [1.54, 1.807) is 0 Å². The first-order chi connectivity index (χ1) is 10.2. The third-order valence-electron chi connectivity index (χ3n) is 3.84. The van der Waals surface area contributed by atoms with E-state index in [1.807, 2.05) is 31.2 Å². The molecule has 1 saturated heterocycles. The van der Waals surface area contributed by atoms with Crippen molar-refractivity contribution in [3.05, 3.63) is 29.8 Å². The van der Waals surface area contributed by atoms with Gasteiger partial charge in [0.05, 0.1) is 25.2 Å². The van der Waals surface area contributed by atoms with Crippen LogP contribution in [0.1, 0.15) is 24.8 Å². The van der Waals surface area contributed by atoms with E-state index in [4.69, 9.17) is 9.47 Å². The number of amides is 1. The third kappa shape index (κ3) is 4.44. The van der Waals surface area contributed by atoms with Crippen molar-refractivity contribution in [3.63, 3.8) is 0 Å². The van der Waals surface area contributed by atoms with Gasteiger partial charge in [-0.2, -0.15) is 0 Å². The monoisotopic (exact) mass is 293 g/mol. The lowest BCUT2D eigenvalue weighted by Crippen LogP contribution is -2.54. The maximum Gasteiger partial charge on any atom is 0.223 e. The number of ether oxygens (including phenoxy) is 2. The van der Waals surface area contributed by atoms with Crippen LogP contribution in [-0.2, 0) is 9.53 Å². The smallest absolute Gasteiger partial charge is 0.223 e. The second-order valence-corrected chi connectivity index (χ2v) is 5.46. The molecule has 21 heavy (non-hydrogen) atoms. The Balaban J connectivity index is 1.78. The number of aliphatic hydroxyl groups is 1. The molecular formula is C16H23NO4. The third-order valence-corrected chi connectivity index (χ3v) is 3.84. The minimum atomic E-state index is -0.530. The largest absolute Gasteiger partial charge is 0.493 e. The highest BCUT2D eigenvalue weighted by molar-refractivity contribution is 5.77. The number of carbonyl (C=O) groups excluding carboxylic acids is 1. The van der Waals surface area contributed by atoms with Crippen molar-refractivity contribution in [3.8, 4) is 5.75 Å². The summed E-state index contributed by atoms with van der Waals surface area (Å²) in [5, 5.41) is 12.5. The summed E-state index contributed by atoms with van der Waals surface area (Å²) in [6.07, 6.45) is 1.57. The van der Waals surface area contributed by atoms with Crippen LogP contribution < -0.4 is 10.1 Å². The molecule has 5 heteroatoms. The van der Waals surface area contributed by atoms with Crippen LogP contribution in [0.2, 0.25) is 0 Å². The van der Waals surface area contributed by atoms with Crippen LogP contribution >= 0.6 is 0 Å². The first-order valence-electron chi connectivity index (χ1n) is 7.33. The highest BCUT2D eigenvalue weighted by Gasteiger charge is 2.33. The lowest BCUT2D eigenvalue weighted by atomic mass is 9.91. The molecule has 0 atom stereocenters. The predicted molar refractivity (Wildman–Crippen MR) is 79.3 cm³/mol. The van der Waals surface area contributed by atoms with Gasteiger partial charge >= 0.3 is 0 Å². The Morgan fingerprint density at radius 3 is 2.76 bits per heavy atom. The first-order valence-corrected chi connectivity index (χ1v) is 7.33. The number of hydrogen-bond donors (Lipinski definition) is 2. The molecule has 1 aromatic rings. The Morgan fingerprint density at radius 1 is 1.38 bits per heavy atom. The van der Waals surface area contributed by atoms with Gasteiger partial charge in [0.2, 0.25) is 5.91 Å². The zero-order valence-corrected chi connectivity index (χ0v) is 12.4. The Kier molecular flexibility index (Phi) is 5.59. The molecule has 1 aliphatic rings. The SMILES string of the molecule is Cc1ccccc1OCCC(=O)NC1(CO)CCOCC1. The van der Waals surface area contributed by atoms with Gasteiger partial charge in [0.15, 0.2) is 0 Å². The van der Waals surface area contributed by atoms with Gasteiger partial charge in [-0.05, 0) is 31.4 Å². The molecule has 0 aromatic heterocycles. The second-order valence-electron chi connectivity index (χ2n) is 5.46. The quantitative estimate of drug-likeness (QED) is 0.832. The Hall–Kier alpha value is -1.59. The Bertz CT molecular complexity index is 469. The van der Waals surface area contributed by atoms with Crippen LogP contribution in [0.4, 0.5) is 0 Å². The van der Waals surface area contributed by atoms with Crippen molar-refractivity contribution in [1.82, 2.24) is 5.32 Å². The van der Waals surface area contributed by atoms with Gasteiger partial charge in [0.1, 0.15) is 5.75 Å². The van der Waals surface area contributed by atoms with E-state index in [1.165, 1.54) is 0 Å². The fourth-order valence-corrected chi connectivity index (χ4v) is 2.42. The molecule has 0 spiro atoms. The van der Waals surface area contributed by atoms with E-state index in [0.29, 0.717) is 32.7 Å². The standard InChI is InChI=1S/C16H23NO4/c1-13-4-2-3-5-14(13)21-9-6-15(19)17-16(12-18)7-10-20-11-8-16/h2-5,18H,6-12H2,1H3,(H,17,19). The number of para-hydroxylation sites is 1. The lowest BCUT2D eigenvalue weighted by Gasteiger charge is -2.36. The van der Waals surface area contributed by atoms with E-state index < -0.39 is 5.54 Å². The molecule has 1 aromatic carbocycles.